The number of carboxylic acid groups (broad SMARTS) is 1. The van der Waals surface area contributed by atoms with Crippen molar-refractivity contribution in [3.63, 3.8) is 0 Å². The van der Waals surface area contributed by atoms with Gasteiger partial charge in [0.15, 0.2) is 0 Å². The normalized spacial score (nSPS) is 10.4. The molecule has 1 rings (SSSR count). The van der Waals surface area contributed by atoms with Crippen LogP contribution >= 0.6 is 0 Å². The maximum atomic E-state index is 12.9. The van der Waals surface area contributed by atoms with Crippen molar-refractivity contribution in [3.8, 4) is 0 Å². The highest BCUT2D eigenvalue weighted by atomic mass is 19.1. The van der Waals surface area contributed by atoms with Crippen molar-refractivity contribution in [1.29, 1.82) is 0 Å². The van der Waals surface area contributed by atoms with Crippen molar-refractivity contribution in [1.82, 2.24) is 0 Å². The first-order valence-corrected chi connectivity index (χ1v) is 3.80. The fraction of sp³-hybridized carbons (Fsp3) is 0. The first kappa shape index (κ1) is 10.2. The molecule has 0 aromatic heterocycles. The quantitative estimate of drug-likeness (QED) is 0.386. The van der Waals surface area contributed by atoms with E-state index in [0.717, 1.165) is 6.08 Å². The molecule has 0 aliphatic carbocycles. The molecule has 0 spiro atoms. The summed E-state index contributed by atoms with van der Waals surface area (Å²) in [5.74, 6) is 3.52. The smallest absolute Gasteiger partial charge is 0.328 e. The Morgan fingerprint density at radius 1 is 1.50 bits per heavy atom. The third kappa shape index (κ3) is 2.87. The maximum absolute atomic E-state index is 12.9. The molecule has 0 radical (unpaired) electrons. The monoisotopic (exact) mass is 196 g/mol. The predicted octanol–water partition coefficient (Wildman–Crippen LogP) is 1.21. The van der Waals surface area contributed by atoms with Crippen LogP contribution in [0, 0.1) is 5.82 Å². The van der Waals surface area contributed by atoms with Crippen LogP contribution in [0.1, 0.15) is 5.56 Å². The topological polar surface area (TPSA) is 75.3 Å². The predicted molar refractivity (Wildman–Crippen MR) is 50.9 cm³/mol. The van der Waals surface area contributed by atoms with E-state index in [2.05, 4.69) is 5.43 Å². The molecule has 0 amide bonds. The summed E-state index contributed by atoms with van der Waals surface area (Å²) in [6, 6.07) is 3.95. The van der Waals surface area contributed by atoms with E-state index in [1.165, 1.54) is 24.3 Å². The number of hydrazine groups is 1. The second-order valence-electron chi connectivity index (χ2n) is 2.59. The fourth-order valence-electron chi connectivity index (χ4n) is 0.959. The van der Waals surface area contributed by atoms with Gasteiger partial charge in [-0.1, -0.05) is 0 Å². The molecule has 14 heavy (non-hydrogen) atoms. The lowest BCUT2D eigenvalue weighted by Crippen LogP contribution is -2.06. The van der Waals surface area contributed by atoms with Gasteiger partial charge in [-0.2, -0.15) is 0 Å². The number of nitrogen functional groups attached to an aromatic ring is 1. The highest BCUT2D eigenvalue weighted by Gasteiger charge is 1.97. The Hall–Kier alpha value is -1.88. The molecule has 74 valence electrons. The van der Waals surface area contributed by atoms with Gasteiger partial charge in [-0.05, 0) is 29.8 Å². The zero-order valence-corrected chi connectivity index (χ0v) is 7.20. The van der Waals surface area contributed by atoms with E-state index in [0.29, 0.717) is 11.3 Å². The average Bonchev–Trinajstić information content (AvgIpc) is 2.14. The lowest BCUT2D eigenvalue weighted by Gasteiger charge is -2.01. The molecule has 0 aliphatic rings. The molecule has 0 unspecified atom stereocenters. The van der Waals surface area contributed by atoms with Gasteiger partial charge in [-0.15, -0.1) is 0 Å². The second kappa shape index (κ2) is 4.38. The molecule has 1 aromatic rings. The molecule has 0 fully saturated rings. The van der Waals surface area contributed by atoms with Gasteiger partial charge in [0.05, 0.1) is 5.69 Å². The maximum Gasteiger partial charge on any atom is 0.328 e. The van der Waals surface area contributed by atoms with E-state index in [4.69, 9.17) is 10.9 Å². The summed E-state index contributed by atoms with van der Waals surface area (Å²) >= 11 is 0. The molecular formula is C9H9FN2O2. The minimum Gasteiger partial charge on any atom is -0.478 e. The van der Waals surface area contributed by atoms with Crippen LogP contribution < -0.4 is 11.3 Å². The number of anilines is 1. The number of halogens is 1. The largest absolute Gasteiger partial charge is 0.478 e. The number of carbonyl (C=O) groups is 1. The molecule has 0 saturated heterocycles. The van der Waals surface area contributed by atoms with Gasteiger partial charge >= 0.3 is 5.97 Å². The van der Waals surface area contributed by atoms with Gasteiger partial charge in [0.25, 0.3) is 0 Å². The van der Waals surface area contributed by atoms with Gasteiger partial charge in [-0.25, -0.2) is 9.18 Å². The molecule has 5 heteroatoms. The number of nitrogens with two attached hydrogens (primary N) is 1. The number of carboxylic acids is 1. The van der Waals surface area contributed by atoms with Crippen molar-refractivity contribution in [2.24, 2.45) is 5.84 Å². The van der Waals surface area contributed by atoms with Gasteiger partial charge in [0, 0.05) is 6.08 Å². The van der Waals surface area contributed by atoms with Crippen LogP contribution in [0.2, 0.25) is 0 Å². The molecule has 0 saturated carbocycles. The van der Waals surface area contributed by atoms with E-state index in [1.54, 1.807) is 0 Å². The van der Waals surface area contributed by atoms with Crippen LogP contribution in [0.5, 0.6) is 0 Å². The highest BCUT2D eigenvalue weighted by molar-refractivity contribution is 5.85. The third-order valence-electron chi connectivity index (χ3n) is 1.51. The standard InChI is InChI=1S/C9H9FN2O2/c10-7-3-6(1-2-9(13)14)4-8(5-7)12-11/h1-5,12H,11H2,(H,13,14)/b2-1+. The summed E-state index contributed by atoms with van der Waals surface area (Å²) in [7, 11) is 0. The van der Waals surface area contributed by atoms with Crippen LogP contribution in [0.15, 0.2) is 24.3 Å². The van der Waals surface area contributed by atoms with Gasteiger partial charge in [0.2, 0.25) is 0 Å². The lowest BCUT2D eigenvalue weighted by molar-refractivity contribution is -0.131. The van der Waals surface area contributed by atoms with Crippen molar-refractivity contribution in [2.75, 3.05) is 5.43 Å². The van der Waals surface area contributed by atoms with Crippen molar-refractivity contribution in [2.45, 2.75) is 0 Å². The zero-order chi connectivity index (χ0) is 10.6. The SMILES string of the molecule is NNc1cc(F)cc(/C=C/C(=O)O)c1. The van der Waals surface area contributed by atoms with Crippen LogP contribution in [0.3, 0.4) is 0 Å². The minimum atomic E-state index is -1.09. The van der Waals surface area contributed by atoms with Crippen LogP contribution in [-0.2, 0) is 4.79 Å². The average molecular weight is 196 g/mol. The second-order valence-corrected chi connectivity index (χ2v) is 2.59. The van der Waals surface area contributed by atoms with Crippen LogP contribution in [-0.4, -0.2) is 11.1 Å². The molecule has 0 aliphatic heterocycles. The van der Waals surface area contributed by atoms with Gasteiger partial charge < -0.3 is 10.5 Å². The Balaban J connectivity index is 2.97. The Morgan fingerprint density at radius 3 is 2.79 bits per heavy atom. The first-order valence-electron chi connectivity index (χ1n) is 3.80. The Labute approximate surface area is 79.8 Å². The summed E-state index contributed by atoms with van der Waals surface area (Å²) in [5.41, 5.74) is 3.09. The van der Waals surface area contributed by atoms with Crippen molar-refractivity contribution >= 4 is 17.7 Å². The summed E-state index contributed by atoms with van der Waals surface area (Å²) in [5, 5.41) is 8.35. The molecule has 0 heterocycles. The zero-order valence-electron chi connectivity index (χ0n) is 7.20. The summed E-state index contributed by atoms with van der Waals surface area (Å²) in [6.07, 6.45) is 2.21. The Bertz CT molecular complexity index is 377. The Morgan fingerprint density at radius 2 is 2.21 bits per heavy atom. The van der Waals surface area contributed by atoms with Gasteiger partial charge in [0.1, 0.15) is 5.82 Å². The third-order valence-corrected chi connectivity index (χ3v) is 1.51. The number of rotatable bonds is 3. The van der Waals surface area contributed by atoms with Gasteiger partial charge in [-0.3, -0.25) is 5.84 Å². The summed E-state index contributed by atoms with van der Waals surface area (Å²) in [4.78, 5) is 10.2. The number of benzene rings is 1. The number of nitrogens with one attached hydrogen (secondary N) is 1. The van der Waals surface area contributed by atoms with Crippen LogP contribution in [0.25, 0.3) is 6.08 Å². The molecular weight excluding hydrogens is 187 g/mol. The van der Waals surface area contributed by atoms with E-state index >= 15 is 0 Å². The molecule has 4 nitrogen and oxygen atoms in total. The summed E-state index contributed by atoms with van der Waals surface area (Å²) < 4.78 is 12.9. The van der Waals surface area contributed by atoms with Crippen LogP contribution in [0.4, 0.5) is 10.1 Å². The molecule has 0 bridgehead atoms. The minimum absolute atomic E-state index is 0.384. The first-order chi connectivity index (χ1) is 6.61. The highest BCUT2D eigenvalue weighted by Crippen LogP contribution is 2.13. The lowest BCUT2D eigenvalue weighted by atomic mass is 10.2. The number of hydrogen-bond acceptors (Lipinski definition) is 3. The number of aliphatic carboxylic acids is 1. The van der Waals surface area contributed by atoms with E-state index < -0.39 is 11.8 Å². The number of hydrogen-bond donors (Lipinski definition) is 3. The molecule has 0 atom stereocenters. The fourth-order valence-corrected chi connectivity index (χ4v) is 0.959. The van der Waals surface area contributed by atoms with E-state index in [9.17, 15) is 9.18 Å². The molecule has 4 N–H and O–H groups in total. The van der Waals surface area contributed by atoms with E-state index in [-0.39, 0.29) is 0 Å². The Kier molecular flexibility index (Phi) is 3.19. The van der Waals surface area contributed by atoms with E-state index in [1.807, 2.05) is 0 Å². The van der Waals surface area contributed by atoms with Crippen molar-refractivity contribution < 1.29 is 14.3 Å². The summed E-state index contributed by atoms with van der Waals surface area (Å²) in [6.45, 7) is 0. The van der Waals surface area contributed by atoms with Crippen molar-refractivity contribution in [3.05, 3.63) is 35.7 Å². The molecule has 1 aromatic carbocycles.